The lowest BCUT2D eigenvalue weighted by molar-refractivity contribution is -0.306. The van der Waals surface area contributed by atoms with Crippen LogP contribution in [0.3, 0.4) is 0 Å². The fourth-order valence-corrected chi connectivity index (χ4v) is 4.53. The minimum Gasteiger partial charge on any atom is -0.549 e. The maximum absolute atomic E-state index is 12.2. The molecule has 3 aromatic rings. The summed E-state index contributed by atoms with van der Waals surface area (Å²) in [6.45, 7) is 2.04. The lowest BCUT2D eigenvalue weighted by atomic mass is 9.83. The summed E-state index contributed by atoms with van der Waals surface area (Å²) in [6, 6.07) is 21.6. The van der Waals surface area contributed by atoms with Crippen LogP contribution in [-0.2, 0) is 11.2 Å². The van der Waals surface area contributed by atoms with Gasteiger partial charge in [0.05, 0.1) is 11.9 Å². The van der Waals surface area contributed by atoms with Crippen molar-refractivity contribution >= 4 is 24.1 Å². The lowest BCUT2D eigenvalue weighted by Crippen LogP contribution is -2.33. The molecule has 0 radical (unpaired) electrons. The van der Waals surface area contributed by atoms with E-state index in [4.69, 9.17) is 4.74 Å². The Morgan fingerprint density at radius 1 is 0.967 bits per heavy atom. The molecular formula is C25H23ClNO3-. The van der Waals surface area contributed by atoms with E-state index in [1.807, 2.05) is 48.5 Å². The molecule has 30 heavy (non-hydrogen) atoms. The van der Waals surface area contributed by atoms with Gasteiger partial charge in [0.15, 0.2) is 0 Å². The molecule has 1 saturated heterocycles. The number of carbonyl (C=O) groups excluding carboxylic acids is 1. The molecule has 3 aromatic carbocycles. The SMILES string of the molecule is Cl.O=C([O-])C1c2ccccc2Oc2cc(N3CCCC3)cc(Cc3ccccc3)c21. The summed E-state index contributed by atoms with van der Waals surface area (Å²) < 4.78 is 6.22. The number of carboxylic acid groups (broad SMARTS) is 1. The highest BCUT2D eigenvalue weighted by Gasteiger charge is 2.31. The Kier molecular flexibility index (Phi) is 5.69. The van der Waals surface area contributed by atoms with Crippen LogP contribution in [0, 0.1) is 0 Å². The van der Waals surface area contributed by atoms with E-state index in [2.05, 4.69) is 23.1 Å². The second kappa shape index (κ2) is 8.41. The van der Waals surface area contributed by atoms with Crippen LogP contribution in [0.1, 0.15) is 41.0 Å². The van der Waals surface area contributed by atoms with Crippen LogP contribution >= 0.6 is 12.4 Å². The van der Waals surface area contributed by atoms with Crippen LogP contribution in [0.4, 0.5) is 5.69 Å². The number of aliphatic carboxylic acids is 1. The van der Waals surface area contributed by atoms with Gasteiger partial charge in [-0.2, -0.15) is 0 Å². The number of carboxylic acids is 1. The van der Waals surface area contributed by atoms with Crippen LogP contribution < -0.4 is 14.7 Å². The van der Waals surface area contributed by atoms with Gasteiger partial charge in [0.2, 0.25) is 0 Å². The van der Waals surface area contributed by atoms with E-state index in [1.54, 1.807) is 0 Å². The molecule has 0 N–H and O–H groups in total. The van der Waals surface area contributed by atoms with E-state index in [1.165, 1.54) is 12.8 Å². The van der Waals surface area contributed by atoms with Crippen molar-refractivity contribution in [2.24, 2.45) is 0 Å². The van der Waals surface area contributed by atoms with Gasteiger partial charge in [-0.3, -0.25) is 0 Å². The molecule has 0 saturated carbocycles. The molecule has 1 atom stereocenters. The van der Waals surface area contributed by atoms with Crippen LogP contribution in [0.25, 0.3) is 0 Å². The number of para-hydroxylation sites is 1. The molecule has 0 aliphatic carbocycles. The number of nitrogens with zero attached hydrogens (tertiary/aromatic N) is 1. The van der Waals surface area contributed by atoms with Crippen molar-refractivity contribution in [3.05, 3.63) is 89.0 Å². The van der Waals surface area contributed by atoms with E-state index in [0.717, 1.165) is 35.5 Å². The van der Waals surface area contributed by atoms with Crippen LogP contribution in [-0.4, -0.2) is 19.1 Å². The first-order valence-electron chi connectivity index (χ1n) is 10.1. The van der Waals surface area contributed by atoms with Crippen molar-refractivity contribution in [3.63, 3.8) is 0 Å². The molecule has 2 heterocycles. The fraction of sp³-hybridized carbons (Fsp3) is 0.240. The van der Waals surface area contributed by atoms with Crippen molar-refractivity contribution in [1.29, 1.82) is 0 Å². The highest BCUT2D eigenvalue weighted by Crippen LogP contribution is 2.47. The Balaban J connectivity index is 0.00000218. The number of hydrogen-bond acceptors (Lipinski definition) is 4. The maximum Gasteiger partial charge on any atom is 0.134 e. The summed E-state index contributed by atoms with van der Waals surface area (Å²) in [5.41, 5.74) is 4.60. The van der Waals surface area contributed by atoms with Gasteiger partial charge in [-0.1, -0.05) is 48.5 Å². The quantitative estimate of drug-likeness (QED) is 0.632. The third-order valence-corrected chi connectivity index (χ3v) is 5.90. The molecule has 5 rings (SSSR count). The highest BCUT2D eigenvalue weighted by atomic mass is 35.5. The Bertz CT molecular complexity index is 1060. The van der Waals surface area contributed by atoms with E-state index in [0.29, 0.717) is 23.5 Å². The highest BCUT2D eigenvalue weighted by molar-refractivity contribution is 5.85. The van der Waals surface area contributed by atoms with Gasteiger partial charge >= 0.3 is 0 Å². The molecule has 5 heteroatoms. The number of ether oxygens (including phenoxy) is 1. The number of benzene rings is 3. The largest absolute Gasteiger partial charge is 0.549 e. The zero-order valence-corrected chi connectivity index (χ0v) is 17.4. The van der Waals surface area contributed by atoms with Crippen molar-refractivity contribution in [2.75, 3.05) is 18.0 Å². The summed E-state index contributed by atoms with van der Waals surface area (Å²) in [6.07, 6.45) is 3.01. The normalized spacial score (nSPS) is 16.8. The number of anilines is 1. The number of fused-ring (bicyclic) bond motifs is 2. The summed E-state index contributed by atoms with van der Waals surface area (Å²) in [7, 11) is 0. The number of carbonyl (C=O) groups is 1. The molecule has 2 aliphatic heterocycles. The summed E-state index contributed by atoms with van der Waals surface area (Å²) in [5.74, 6) is -0.696. The fourth-order valence-electron chi connectivity index (χ4n) is 4.53. The minimum atomic E-state index is -1.09. The number of hydrogen-bond donors (Lipinski definition) is 0. The molecule has 2 aliphatic rings. The lowest BCUT2D eigenvalue weighted by Gasteiger charge is -2.32. The Labute approximate surface area is 182 Å². The first kappa shape index (κ1) is 20.3. The van der Waals surface area contributed by atoms with Crippen LogP contribution in [0.15, 0.2) is 66.7 Å². The van der Waals surface area contributed by atoms with E-state index < -0.39 is 11.9 Å². The predicted octanol–water partition coefficient (Wildman–Crippen LogP) is 4.29. The zero-order valence-electron chi connectivity index (χ0n) is 16.5. The van der Waals surface area contributed by atoms with Gasteiger partial charge in [-0.15, -0.1) is 12.4 Å². The summed E-state index contributed by atoms with van der Waals surface area (Å²) in [5, 5.41) is 12.2. The molecule has 4 nitrogen and oxygen atoms in total. The van der Waals surface area contributed by atoms with Crippen molar-refractivity contribution in [3.8, 4) is 11.5 Å². The first-order valence-corrected chi connectivity index (χ1v) is 10.1. The smallest absolute Gasteiger partial charge is 0.134 e. The summed E-state index contributed by atoms with van der Waals surface area (Å²) in [4.78, 5) is 14.6. The molecule has 0 amide bonds. The van der Waals surface area contributed by atoms with Crippen molar-refractivity contribution in [2.45, 2.75) is 25.2 Å². The predicted molar refractivity (Wildman–Crippen MR) is 118 cm³/mol. The van der Waals surface area contributed by atoms with Gasteiger partial charge in [0, 0.05) is 36.0 Å². The Morgan fingerprint density at radius 2 is 1.67 bits per heavy atom. The van der Waals surface area contributed by atoms with E-state index in [9.17, 15) is 9.90 Å². The number of halogens is 1. The van der Waals surface area contributed by atoms with Gasteiger partial charge in [-0.25, -0.2) is 0 Å². The zero-order chi connectivity index (χ0) is 19.8. The molecule has 1 fully saturated rings. The molecule has 0 aromatic heterocycles. The third-order valence-electron chi connectivity index (χ3n) is 5.90. The molecule has 0 bridgehead atoms. The van der Waals surface area contributed by atoms with Crippen molar-refractivity contribution in [1.82, 2.24) is 0 Å². The average Bonchev–Trinajstić information content (AvgIpc) is 3.27. The van der Waals surface area contributed by atoms with Gasteiger partial charge in [0.1, 0.15) is 11.5 Å². The van der Waals surface area contributed by atoms with Crippen LogP contribution in [0.2, 0.25) is 0 Å². The first-order chi connectivity index (χ1) is 14.2. The third kappa shape index (κ3) is 3.63. The Hall–Kier alpha value is -2.98. The minimum absolute atomic E-state index is 0. The van der Waals surface area contributed by atoms with Gasteiger partial charge < -0.3 is 19.5 Å². The topological polar surface area (TPSA) is 52.6 Å². The van der Waals surface area contributed by atoms with Gasteiger partial charge in [-0.05, 0) is 42.5 Å². The van der Waals surface area contributed by atoms with Crippen molar-refractivity contribution < 1.29 is 14.6 Å². The maximum atomic E-state index is 12.2. The summed E-state index contributed by atoms with van der Waals surface area (Å²) >= 11 is 0. The second-order valence-corrected chi connectivity index (χ2v) is 7.77. The molecular weight excluding hydrogens is 398 g/mol. The van der Waals surface area contributed by atoms with Crippen LogP contribution in [0.5, 0.6) is 11.5 Å². The van der Waals surface area contributed by atoms with Gasteiger partial charge in [0.25, 0.3) is 0 Å². The molecule has 154 valence electrons. The van der Waals surface area contributed by atoms with E-state index >= 15 is 0 Å². The second-order valence-electron chi connectivity index (χ2n) is 7.77. The standard InChI is InChI=1S/C25H23NO3.ClH/c27-25(28)24-20-10-4-5-11-21(20)29-22-16-19(26-12-6-7-13-26)15-18(23(22)24)14-17-8-2-1-3-9-17;/h1-5,8-11,15-16,24H,6-7,12-14H2,(H,27,28);1H/p-1. The molecule has 1 unspecified atom stereocenters. The average molecular weight is 421 g/mol. The number of rotatable bonds is 4. The Morgan fingerprint density at radius 3 is 2.40 bits per heavy atom. The molecule has 0 spiro atoms. The van der Waals surface area contributed by atoms with E-state index in [-0.39, 0.29) is 12.4 Å². The monoisotopic (exact) mass is 420 g/mol.